The third-order valence-corrected chi connectivity index (χ3v) is 5.28. The van der Waals surface area contributed by atoms with Gasteiger partial charge < -0.3 is 0 Å². The largest absolute Gasteiger partial charge is 0.298 e. The minimum atomic E-state index is 0.539. The highest BCUT2D eigenvalue weighted by molar-refractivity contribution is 7.98. The quantitative estimate of drug-likeness (QED) is 0.349. The topological polar surface area (TPSA) is 30.7 Å². The first-order valence-corrected chi connectivity index (χ1v) is 9.57. The van der Waals surface area contributed by atoms with Gasteiger partial charge in [-0.25, -0.2) is 0 Å². The van der Waals surface area contributed by atoms with Crippen molar-refractivity contribution in [2.24, 2.45) is 0 Å². The molecule has 0 unspecified atom stereocenters. The molecule has 1 aromatic heterocycles. The lowest BCUT2D eigenvalue weighted by Crippen LogP contribution is -2.01. The smallest absolute Gasteiger partial charge is 0.192 e. The Morgan fingerprint density at radius 2 is 1.84 bits per heavy atom. The van der Waals surface area contributed by atoms with Crippen molar-refractivity contribution in [1.29, 1.82) is 0 Å². The van der Waals surface area contributed by atoms with Crippen LogP contribution >= 0.6 is 46.6 Å². The zero-order valence-electron chi connectivity index (χ0n) is 13.1. The molecular weight excluding hydrogens is 397 g/mol. The zero-order chi connectivity index (χ0) is 17.8. The van der Waals surface area contributed by atoms with Gasteiger partial charge in [0.15, 0.2) is 11.0 Å². The van der Waals surface area contributed by atoms with Crippen molar-refractivity contribution < 1.29 is 0 Å². The molecule has 0 bridgehead atoms. The van der Waals surface area contributed by atoms with E-state index in [2.05, 4.69) is 16.8 Å². The fourth-order valence-corrected chi connectivity index (χ4v) is 3.93. The van der Waals surface area contributed by atoms with E-state index < -0.39 is 0 Å². The fourth-order valence-electron chi connectivity index (χ4n) is 2.33. The predicted octanol–water partition coefficient (Wildman–Crippen LogP) is 6.38. The van der Waals surface area contributed by atoms with E-state index in [1.807, 2.05) is 34.9 Å². The molecule has 7 heteroatoms. The van der Waals surface area contributed by atoms with E-state index in [4.69, 9.17) is 34.8 Å². The number of aromatic nitrogens is 3. The lowest BCUT2D eigenvalue weighted by Gasteiger charge is -2.09. The monoisotopic (exact) mass is 409 g/mol. The summed E-state index contributed by atoms with van der Waals surface area (Å²) in [5, 5.41) is 11.3. The Kier molecular flexibility index (Phi) is 6.07. The summed E-state index contributed by atoms with van der Waals surface area (Å²) >= 11 is 19.9. The van der Waals surface area contributed by atoms with Crippen LogP contribution in [-0.4, -0.2) is 14.8 Å². The summed E-state index contributed by atoms with van der Waals surface area (Å²) in [5.41, 5.74) is 1.91. The molecule has 0 aliphatic carbocycles. The van der Waals surface area contributed by atoms with E-state index in [1.54, 1.807) is 30.0 Å². The number of hydrogen-bond acceptors (Lipinski definition) is 3. The summed E-state index contributed by atoms with van der Waals surface area (Å²) in [6.07, 6.45) is 1.81. The molecule has 1 heterocycles. The Balaban J connectivity index is 1.90. The minimum absolute atomic E-state index is 0.539. The molecule has 0 amide bonds. The first kappa shape index (κ1) is 18.3. The van der Waals surface area contributed by atoms with E-state index >= 15 is 0 Å². The highest BCUT2D eigenvalue weighted by Gasteiger charge is 2.16. The second kappa shape index (κ2) is 8.28. The van der Waals surface area contributed by atoms with Crippen molar-refractivity contribution >= 4 is 46.6 Å². The summed E-state index contributed by atoms with van der Waals surface area (Å²) in [7, 11) is 0. The predicted molar refractivity (Wildman–Crippen MR) is 107 cm³/mol. The Labute approximate surface area is 165 Å². The summed E-state index contributed by atoms with van der Waals surface area (Å²) in [5.74, 6) is 1.43. The van der Waals surface area contributed by atoms with Crippen LogP contribution in [0.15, 0.2) is 60.3 Å². The normalized spacial score (nSPS) is 10.8. The van der Waals surface area contributed by atoms with Crippen LogP contribution in [0.3, 0.4) is 0 Å². The molecule has 0 saturated carbocycles. The third kappa shape index (κ3) is 4.39. The number of benzene rings is 2. The van der Waals surface area contributed by atoms with Crippen molar-refractivity contribution in [2.75, 3.05) is 0 Å². The van der Waals surface area contributed by atoms with Crippen LogP contribution in [-0.2, 0) is 12.3 Å². The Morgan fingerprint density at radius 1 is 1.04 bits per heavy atom. The zero-order valence-corrected chi connectivity index (χ0v) is 16.2. The van der Waals surface area contributed by atoms with Crippen LogP contribution in [0.1, 0.15) is 5.56 Å². The van der Waals surface area contributed by atoms with Gasteiger partial charge >= 0.3 is 0 Å². The van der Waals surface area contributed by atoms with E-state index in [0.717, 1.165) is 27.1 Å². The molecule has 25 heavy (non-hydrogen) atoms. The number of allylic oxidation sites excluding steroid dienone is 1. The standard InChI is InChI=1S/C18H14Cl3N3S/c1-2-8-24-17(15-7-6-14(20)10-16(15)21)22-23-18(24)25-11-12-4-3-5-13(19)9-12/h2-7,9-10H,1,8,11H2. The summed E-state index contributed by atoms with van der Waals surface area (Å²) in [6, 6.07) is 13.1. The molecule has 3 rings (SSSR count). The van der Waals surface area contributed by atoms with Gasteiger partial charge in [0.1, 0.15) is 0 Å². The number of rotatable bonds is 6. The maximum Gasteiger partial charge on any atom is 0.192 e. The average molecular weight is 411 g/mol. The van der Waals surface area contributed by atoms with Crippen LogP contribution in [0.4, 0.5) is 0 Å². The molecule has 2 aromatic carbocycles. The van der Waals surface area contributed by atoms with E-state index in [0.29, 0.717) is 22.4 Å². The molecule has 0 N–H and O–H groups in total. The molecule has 0 atom stereocenters. The van der Waals surface area contributed by atoms with Crippen molar-refractivity contribution in [3.63, 3.8) is 0 Å². The number of hydrogen-bond donors (Lipinski definition) is 0. The summed E-state index contributed by atoms with van der Waals surface area (Å²) < 4.78 is 1.98. The number of thioether (sulfide) groups is 1. The minimum Gasteiger partial charge on any atom is -0.298 e. The van der Waals surface area contributed by atoms with E-state index in [9.17, 15) is 0 Å². The van der Waals surface area contributed by atoms with Crippen LogP contribution < -0.4 is 0 Å². The molecule has 3 aromatic rings. The lowest BCUT2D eigenvalue weighted by atomic mass is 10.2. The van der Waals surface area contributed by atoms with Gasteiger partial charge in [-0.15, -0.1) is 16.8 Å². The maximum absolute atomic E-state index is 6.32. The molecule has 0 aliphatic heterocycles. The Bertz CT molecular complexity index is 908. The van der Waals surface area contributed by atoms with Gasteiger partial charge in [0.05, 0.1) is 5.02 Å². The van der Waals surface area contributed by atoms with Gasteiger partial charge in [-0.2, -0.15) is 0 Å². The Hall–Kier alpha value is -1.46. The van der Waals surface area contributed by atoms with Gasteiger partial charge in [-0.05, 0) is 35.9 Å². The average Bonchev–Trinajstić information content (AvgIpc) is 2.96. The first-order valence-electron chi connectivity index (χ1n) is 7.45. The fraction of sp³-hybridized carbons (Fsp3) is 0.111. The van der Waals surface area contributed by atoms with Crippen molar-refractivity contribution in [3.05, 3.63) is 75.8 Å². The van der Waals surface area contributed by atoms with Crippen molar-refractivity contribution in [2.45, 2.75) is 17.5 Å². The van der Waals surface area contributed by atoms with Gasteiger partial charge in [0, 0.05) is 27.9 Å². The molecule has 128 valence electrons. The second-order valence-corrected chi connectivity index (χ2v) is 7.47. The van der Waals surface area contributed by atoms with Gasteiger partial charge in [-0.1, -0.05) is 64.8 Å². The van der Waals surface area contributed by atoms with Crippen LogP contribution in [0, 0.1) is 0 Å². The first-order chi connectivity index (χ1) is 12.1. The SMILES string of the molecule is C=CCn1c(SCc2cccc(Cl)c2)nnc1-c1ccc(Cl)cc1Cl. The van der Waals surface area contributed by atoms with Gasteiger partial charge in [0.2, 0.25) is 0 Å². The maximum atomic E-state index is 6.32. The van der Waals surface area contributed by atoms with Crippen molar-refractivity contribution in [3.8, 4) is 11.4 Å². The molecule has 0 fully saturated rings. The number of nitrogens with zero attached hydrogens (tertiary/aromatic N) is 3. The molecule has 0 saturated heterocycles. The Morgan fingerprint density at radius 3 is 2.56 bits per heavy atom. The molecular formula is C18H14Cl3N3S. The highest BCUT2D eigenvalue weighted by Crippen LogP contribution is 2.32. The summed E-state index contributed by atoms with van der Waals surface area (Å²) in [6.45, 7) is 4.40. The highest BCUT2D eigenvalue weighted by atomic mass is 35.5. The van der Waals surface area contributed by atoms with Crippen molar-refractivity contribution in [1.82, 2.24) is 14.8 Å². The van der Waals surface area contributed by atoms with E-state index in [-0.39, 0.29) is 0 Å². The van der Waals surface area contributed by atoms with Crippen LogP contribution in [0.25, 0.3) is 11.4 Å². The molecule has 3 nitrogen and oxygen atoms in total. The molecule has 0 radical (unpaired) electrons. The molecule has 0 aliphatic rings. The van der Waals surface area contributed by atoms with E-state index in [1.165, 1.54) is 0 Å². The molecule has 0 spiro atoms. The lowest BCUT2D eigenvalue weighted by molar-refractivity contribution is 0.731. The number of halogens is 3. The third-order valence-electron chi connectivity index (χ3n) is 3.46. The van der Waals surface area contributed by atoms with Crippen LogP contribution in [0.2, 0.25) is 15.1 Å². The van der Waals surface area contributed by atoms with Gasteiger partial charge in [-0.3, -0.25) is 4.57 Å². The second-order valence-electron chi connectivity index (χ2n) is 5.25. The van der Waals surface area contributed by atoms with Gasteiger partial charge in [0.25, 0.3) is 0 Å². The van der Waals surface area contributed by atoms with Crippen LogP contribution in [0.5, 0.6) is 0 Å². The summed E-state index contributed by atoms with van der Waals surface area (Å²) in [4.78, 5) is 0.